The van der Waals surface area contributed by atoms with Crippen LogP contribution in [0.3, 0.4) is 0 Å². The van der Waals surface area contributed by atoms with Gasteiger partial charge in [-0.3, -0.25) is 4.79 Å². The highest BCUT2D eigenvalue weighted by atomic mass is 16.5. The van der Waals surface area contributed by atoms with Gasteiger partial charge in [-0.1, -0.05) is 103 Å². The molecule has 3 nitrogen and oxygen atoms in total. The molecular weight excluding hydrogens is 406 g/mol. The van der Waals surface area contributed by atoms with E-state index < -0.39 is 5.54 Å². The Balaban J connectivity index is 1.75. The number of carbonyl (C=O) groups excluding carboxylic acids is 1. The molecule has 0 heterocycles. The topological polar surface area (TPSA) is 38.3 Å². The molecule has 4 rings (SSSR count). The Morgan fingerprint density at radius 3 is 1.79 bits per heavy atom. The van der Waals surface area contributed by atoms with Crippen LogP contribution in [0.5, 0.6) is 5.75 Å². The molecule has 0 atom stereocenters. The second-order valence-corrected chi connectivity index (χ2v) is 7.84. The van der Waals surface area contributed by atoms with E-state index in [0.717, 1.165) is 22.4 Å². The molecule has 0 saturated carbocycles. The molecule has 0 unspecified atom stereocenters. The fourth-order valence-corrected chi connectivity index (χ4v) is 3.99. The minimum atomic E-state index is -0.724. The molecule has 0 saturated heterocycles. The maximum Gasteiger partial charge on any atom is 0.252 e. The van der Waals surface area contributed by atoms with Crippen LogP contribution in [0.4, 0.5) is 0 Å². The summed E-state index contributed by atoms with van der Waals surface area (Å²) in [7, 11) is 1.66. The summed E-state index contributed by atoms with van der Waals surface area (Å²) < 4.78 is 5.26. The number of hydrogen-bond acceptors (Lipinski definition) is 2. The van der Waals surface area contributed by atoms with Crippen molar-refractivity contribution in [3.05, 3.63) is 144 Å². The number of methoxy groups -OCH3 is 1. The molecule has 0 aliphatic carbocycles. The number of ether oxygens (including phenoxy) is 1. The molecule has 0 aliphatic heterocycles. The first-order chi connectivity index (χ1) is 16.2. The zero-order valence-electron chi connectivity index (χ0n) is 18.6. The lowest BCUT2D eigenvalue weighted by Crippen LogP contribution is -2.46. The summed E-state index contributed by atoms with van der Waals surface area (Å²) in [5.74, 6) is 0.714. The summed E-state index contributed by atoms with van der Waals surface area (Å²) in [5.41, 5.74) is 3.03. The van der Waals surface area contributed by atoms with Crippen molar-refractivity contribution >= 4 is 12.0 Å². The van der Waals surface area contributed by atoms with Crippen LogP contribution in [-0.4, -0.2) is 13.0 Å². The van der Waals surface area contributed by atoms with Gasteiger partial charge in [-0.25, -0.2) is 0 Å². The highest BCUT2D eigenvalue weighted by molar-refractivity contribution is 5.95. The van der Waals surface area contributed by atoms with Crippen molar-refractivity contribution in [3.63, 3.8) is 0 Å². The van der Waals surface area contributed by atoms with Crippen LogP contribution in [0.15, 0.2) is 121 Å². The number of carbonyl (C=O) groups is 1. The third-order valence-electron chi connectivity index (χ3n) is 5.75. The van der Waals surface area contributed by atoms with Crippen LogP contribution in [0.2, 0.25) is 0 Å². The molecule has 4 aromatic rings. The van der Waals surface area contributed by atoms with Gasteiger partial charge in [0.15, 0.2) is 0 Å². The summed E-state index contributed by atoms with van der Waals surface area (Å²) in [5, 5.41) is 3.37. The van der Waals surface area contributed by atoms with Gasteiger partial charge in [0.2, 0.25) is 0 Å². The van der Waals surface area contributed by atoms with Gasteiger partial charge in [0.1, 0.15) is 5.75 Å². The first kappa shape index (κ1) is 22.1. The maximum absolute atomic E-state index is 13.4. The summed E-state index contributed by atoms with van der Waals surface area (Å²) in [6, 6.07) is 37.6. The summed E-state index contributed by atoms with van der Waals surface area (Å²) in [6.07, 6.45) is 4.79. The molecule has 164 valence electrons. The monoisotopic (exact) mass is 433 g/mol. The average molecular weight is 434 g/mol. The zero-order valence-corrected chi connectivity index (χ0v) is 18.6. The standard InChI is InChI=1S/C30H27NO2/c1-33-28-21-19-24(20-22-28)12-11-23-30(26-15-7-3-8-16-26,27-17-9-4-10-18-27)31-29(32)25-13-5-2-6-14-25/h2-22H,23H2,1H3,(H,31,32). The lowest BCUT2D eigenvalue weighted by Gasteiger charge is -2.35. The van der Waals surface area contributed by atoms with Crippen molar-refractivity contribution in [3.8, 4) is 5.75 Å². The Hall–Kier alpha value is -4.11. The molecule has 4 aromatic carbocycles. The minimum Gasteiger partial charge on any atom is -0.497 e. The van der Waals surface area contributed by atoms with Crippen molar-refractivity contribution in [2.24, 2.45) is 0 Å². The molecule has 33 heavy (non-hydrogen) atoms. The number of benzene rings is 4. The SMILES string of the molecule is COc1ccc(C=CCC(NC(=O)c2ccccc2)(c2ccccc2)c2ccccc2)cc1. The largest absolute Gasteiger partial charge is 0.497 e. The second kappa shape index (κ2) is 10.5. The third kappa shape index (κ3) is 5.21. The van der Waals surface area contributed by atoms with E-state index in [1.54, 1.807) is 7.11 Å². The van der Waals surface area contributed by atoms with Crippen LogP contribution in [0, 0.1) is 0 Å². The Kier molecular flexibility index (Phi) is 7.01. The number of hydrogen-bond donors (Lipinski definition) is 1. The molecule has 3 heteroatoms. The predicted molar refractivity (Wildman–Crippen MR) is 134 cm³/mol. The van der Waals surface area contributed by atoms with E-state index in [-0.39, 0.29) is 5.91 Å². The van der Waals surface area contributed by atoms with Gasteiger partial charge in [-0.05, 0) is 47.4 Å². The van der Waals surface area contributed by atoms with Gasteiger partial charge in [0.25, 0.3) is 5.91 Å². The molecular formula is C30H27NO2. The van der Waals surface area contributed by atoms with Gasteiger partial charge >= 0.3 is 0 Å². The fourth-order valence-electron chi connectivity index (χ4n) is 3.99. The molecule has 0 aliphatic rings. The first-order valence-corrected chi connectivity index (χ1v) is 11.0. The van der Waals surface area contributed by atoms with Gasteiger partial charge in [0.05, 0.1) is 12.6 Å². The maximum atomic E-state index is 13.4. The van der Waals surface area contributed by atoms with E-state index in [1.165, 1.54) is 0 Å². The highest BCUT2D eigenvalue weighted by Crippen LogP contribution is 2.34. The smallest absolute Gasteiger partial charge is 0.252 e. The predicted octanol–water partition coefficient (Wildman–Crippen LogP) is 6.47. The number of nitrogens with one attached hydrogen (secondary N) is 1. The molecule has 0 aromatic heterocycles. The molecule has 0 bridgehead atoms. The van der Waals surface area contributed by atoms with Crippen molar-refractivity contribution in [1.82, 2.24) is 5.32 Å². The summed E-state index contributed by atoms with van der Waals surface area (Å²) >= 11 is 0. The highest BCUT2D eigenvalue weighted by Gasteiger charge is 2.35. The van der Waals surface area contributed by atoms with Crippen LogP contribution < -0.4 is 10.1 Å². The fraction of sp³-hybridized carbons (Fsp3) is 0.100. The van der Waals surface area contributed by atoms with Crippen molar-refractivity contribution < 1.29 is 9.53 Å². The first-order valence-electron chi connectivity index (χ1n) is 11.0. The summed E-state index contributed by atoms with van der Waals surface area (Å²) in [4.78, 5) is 13.4. The van der Waals surface area contributed by atoms with Crippen LogP contribution in [0.25, 0.3) is 6.08 Å². The van der Waals surface area contributed by atoms with E-state index >= 15 is 0 Å². The van der Waals surface area contributed by atoms with E-state index in [1.807, 2.05) is 91.0 Å². The third-order valence-corrected chi connectivity index (χ3v) is 5.75. The van der Waals surface area contributed by atoms with Crippen LogP contribution >= 0.6 is 0 Å². The minimum absolute atomic E-state index is 0.110. The average Bonchev–Trinajstić information content (AvgIpc) is 2.90. The quantitative estimate of drug-likeness (QED) is 0.346. The molecule has 1 N–H and O–H groups in total. The van der Waals surface area contributed by atoms with E-state index in [0.29, 0.717) is 12.0 Å². The van der Waals surface area contributed by atoms with Crippen molar-refractivity contribution in [1.29, 1.82) is 0 Å². The lowest BCUT2D eigenvalue weighted by atomic mass is 9.79. The molecule has 0 spiro atoms. The second-order valence-electron chi connectivity index (χ2n) is 7.84. The Bertz CT molecular complexity index is 1150. The van der Waals surface area contributed by atoms with Crippen molar-refractivity contribution in [2.45, 2.75) is 12.0 Å². The Morgan fingerprint density at radius 1 is 0.758 bits per heavy atom. The Morgan fingerprint density at radius 2 is 1.27 bits per heavy atom. The van der Waals surface area contributed by atoms with Crippen LogP contribution in [0.1, 0.15) is 33.5 Å². The summed E-state index contributed by atoms with van der Waals surface area (Å²) in [6.45, 7) is 0. The Labute approximate surface area is 195 Å². The van der Waals surface area contributed by atoms with Crippen LogP contribution in [-0.2, 0) is 5.54 Å². The van der Waals surface area contributed by atoms with Gasteiger partial charge in [-0.15, -0.1) is 0 Å². The van der Waals surface area contributed by atoms with E-state index in [4.69, 9.17) is 4.74 Å². The zero-order chi connectivity index (χ0) is 22.9. The van der Waals surface area contributed by atoms with E-state index in [9.17, 15) is 4.79 Å². The molecule has 0 radical (unpaired) electrons. The van der Waals surface area contributed by atoms with Gasteiger partial charge in [-0.2, -0.15) is 0 Å². The lowest BCUT2D eigenvalue weighted by molar-refractivity contribution is 0.0913. The van der Waals surface area contributed by atoms with Gasteiger partial charge in [0, 0.05) is 5.56 Å². The number of amides is 1. The molecule has 0 fully saturated rings. The molecule has 1 amide bonds. The van der Waals surface area contributed by atoms with E-state index in [2.05, 4.69) is 41.7 Å². The van der Waals surface area contributed by atoms with Crippen molar-refractivity contribution in [2.75, 3.05) is 7.11 Å². The normalized spacial score (nSPS) is 11.3. The number of rotatable bonds is 8. The van der Waals surface area contributed by atoms with Gasteiger partial charge < -0.3 is 10.1 Å².